The van der Waals surface area contributed by atoms with E-state index in [1.165, 1.54) is 12.1 Å². The Hall–Kier alpha value is -2.20. The highest BCUT2D eigenvalue weighted by Gasteiger charge is 2.12. The predicted octanol–water partition coefficient (Wildman–Crippen LogP) is 4.44. The van der Waals surface area contributed by atoms with Crippen LogP contribution in [0.4, 0.5) is 10.2 Å². The highest BCUT2D eigenvalue weighted by molar-refractivity contribution is 6.34. The number of benzene rings is 2. The topological polar surface area (TPSA) is 37.8 Å². The summed E-state index contributed by atoms with van der Waals surface area (Å²) in [4.78, 5) is 8.93. The van der Waals surface area contributed by atoms with E-state index in [-0.39, 0.29) is 5.82 Å². The summed E-state index contributed by atoms with van der Waals surface area (Å²) in [6, 6.07) is 10.1. The van der Waals surface area contributed by atoms with Crippen molar-refractivity contribution in [2.75, 3.05) is 12.4 Å². The number of halogens is 2. The summed E-state index contributed by atoms with van der Waals surface area (Å²) < 4.78 is 13.4. The first-order valence-corrected chi connectivity index (χ1v) is 6.88. The van der Waals surface area contributed by atoms with Gasteiger partial charge in [0.25, 0.3) is 0 Å². The third kappa shape index (κ3) is 2.43. The SMILES string of the molecule is CNc1nc(-c2cccc(C)c2Cl)nc2cc(F)ccc12. The predicted molar refractivity (Wildman–Crippen MR) is 84.2 cm³/mol. The molecule has 1 N–H and O–H groups in total. The zero-order chi connectivity index (χ0) is 15.0. The van der Waals surface area contributed by atoms with Gasteiger partial charge in [-0.15, -0.1) is 0 Å². The average molecular weight is 302 g/mol. The fourth-order valence-corrected chi connectivity index (χ4v) is 2.44. The van der Waals surface area contributed by atoms with E-state index in [1.807, 2.05) is 25.1 Å². The molecule has 3 aromatic rings. The highest BCUT2D eigenvalue weighted by Crippen LogP contribution is 2.31. The lowest BCUT2D eigenvalue weighted by atomic mass is 10.1. The molecule has 21 heavy (non-hydrogen) atoms. The van der Waals surface area contributed by atoms with Gasteiger partial charge in [-0.1, -0.05) is 23.7 Å². The molecule has 0 radical (unpaired) electrons. The molecule has 0 atom stereocenters. The molecule has 5 heteroatoms. The molecule has 0 aliphatic carbocycles. The lowest BCUT2D eigenvalue weighted by Crippen LogP contribution is -1.99. The van der Waals surface area contributed by atoms with Gasteiger partial charge in [-0.05, 0) is 30.7 Å². The first-order valence-electron chi connectivity index (χ1n) is 6.50. The van der Waals surface area contributed by atoms with Crippen LogP contribution < -0.4 is 5.32 Å². The van der Waals surface area contributed by atoms with Gasteiger partial charge in [-0.3, -0.25) is 0 Å². The monoisotopic (exact) mass is 301 g/mol. The Morgan fingerprint density at radius 3 is 2.71 bits per heavy atom. The highest BCUT2D eigenvalue weighted by atomic mass is 35.5. The van der Waals surface area contributed by atoms with Gasteiger partial charge >= 0.3 is 0 Å². The molecule has 1 aromatic heterocycles. The number of anilines is 1. The molecule has 0 saturated carbocycles. The van der Waals surface area contributed by atoms with Crippen LogP contribution in [0.2, 0.25) is 5.02 Å². The van der Waals surface area contributed by atoms with E-state index in [2.05, 4.69) is 15.3 Å². The van der Waals surface area contributed by atoms with E-state index in [1.54, 1.807) is 13.1 Å². The van der Waals surface area contributed by atoms with E-state index in [0.29, 0.717) is 22.2 Å². The molecular weight excluding hydrogens is 289 g/mol. The fourth-order valence-electron chi connectivity index (χ4n) is 2.23. The van der Waals surface area contributed by atoms with Gasteiger partial charge in [0.1, 0.15) is 11.6 Å². The van der Waals surface area contributed by atoms with E-state index < -0.39 is 0 Å². The van der Waals surface area contributed by atoms with Crippen LogP contribution in [0.3, 0.4) is 0 Å². The number of hydrogen-bond acceptors (Lipinski definition) is 3. The maximum Gasteiger partial charge on any atom is 0.163 e. The van der Waals surface area contributed by atoms with Gasteiger partial charge in [-0.25, -0.2) is 14.4 Å². The Kier molecular flexibility index (Phi) is 3.47. The molecule has 0 aliphatic heterocycles. The van der Waals surface area contributed by atoms with E-state index in [9.17, 15) is 4.39 Å². The lowest BCUT2D eigenvalue weighted by molar-refractivity contribution is 0.629. The third-order valence-corrected chi connectivity index (χ3v) is 3.83. The number of hydrogen-bond donors (Lipinski definition) is 1. The molecule has 3 nitrogen and oxygen atoms in total. The van der Waals surface area contributed by atoms with Crippen LogP contribution in [0.5, 0.6) is 0 Å². The van der Waals surface area contributed by atoms with Crippen molar-refractivity contribution in [2.24, 2.45) is 0 Å². The summed E-state index contributed by atoms with van der Waals surface area (Å²) in [5.74, 6) is 0.795. The Morgan fingerprint density at radius 2 is 1.95 bits per heavy atom. The average Bonchev–Trinajstić information content (AvgIpc) is 2.48. The van der Waals surface area contributed by atoms with E-state index in [0.717, 1.165) is 16.5 Å². The minimum Gasteiger partial charge on any atom is -0.373 e. The molecule has 0 aliphatic rings. The Bertz CT molecular complexity index is 833. The van der Waals surface area contributed by atoms with Crippen molar-refractivity contribution < 1.29 is 4.39 Å². The van der Waals surface area contributed by atoms with Crippen LogP contribution in [-0.2, 0) is 0 Å². The molecule has 0 fully saturated rings. The van der Waals surface area contributed by atoms with Gasteiger partial charge in [0.15, 0.2) is 5.82 Å². The van der Waals surface area contributed by atoms with Crippen LogP contribution in [0.1, 0.15) is 5.56 Å². The molecular formula is C16H13ClFN3. The number of nitrogens with zero attached hydrogens (tertiary/aromatic N) is 2. The van der Waals surface area contributed by atoms with Crippen molar-refractivity contribution >= 4 is 28.3 Å². The largest absolute Gasteiger partial charge is 0.373 e. The Morgan fingerprint density at radius 1 is 1.14 bits per heavy atom. The normalized spacial score (nSPS) is 10.9. The second-order valence-corrected chi connectivity index (χ2v) is 5.12. The molecule has 0 spiro atoms. The number of fused-ring (bicyclic) bond motifs is 1. The molecule has 2 aromatic carbocycles. The summed E-state index contributed by atoms with van der Waals surface area (Å²) in [5, 5.41) is 4.39. The Labute approximate surface area is 126 Å². The van der Waals surface area contributed by atoms with Gasteiger partial charge in [0.05, 0.1) is 10.5 Å². The van der Waals surface area contributed by atoms with Crippen molar-refractivity contribution in [1.82, 2.24) is 9.97 Å². The molecule has 0 amide bonds. The second-order valence-electron chi connectivity index (χ2n) is 4.74. The van der Waals surface area contributed by atoms with Crippen LogP contribution >= 0.6 is 11.6 Å². The zero-order valence-electron chi connectivity index (χ0n) is 11.6. The smallest absolute Gasteiger partial charge is 0.163 e. The lowest BCUT2D eigenvalue weighted by Gasteiger charge is -2.10. The van der Waals surface area contributed by atoms with Crippen molar-refractivity contribution in [1.29, 1.82) is 0 Å². The Balaban J connectivity index is 2.30. The summed E-state index contributed by atoms with van der Waals surface area (Å²) in [7, 11) is 1.77. The quantitative estimate of drug-likeness (QED) is 0.760. The summed E-state index contributed by atoms with van der Waals surface area (Å²) >= 11 is 6.33. The van der Waals surface area contributed by atoms with Crippen LogP contribution in [0, 0.1) is 12.7 Å². The molecule has 0 bridgehead atoms. The number of rotatable bonds is 2. The number of aryl methyl sites for hydroxylation is 1. The van der Waals surface area contributed by atoms with Crippen molar-refractivity contribution in [2.45, 2.75) is 6.92 Å². The zero-order valence-corrected chi connectivity index (χ0v) is 12.4. The van der Waals surface area contributed by atoms with Crippen LogP contribution in [-0.4, -0.2) is 17.0 Å². The molecule has 0 unspecified atom stereocenters. The maximum atomic E-state index is 13.4. The molecule has 106 valence electrons. The summed E-state index contributed by atoms with van der Waals surface area (Å²) in [6.07, 6.45) is 0. The van der Waals surface area contributed by atoms with Gasteiger partial charge in [-0.2, -0.15) is 0 Å². The minimum absolute atomic E-state index is 0.329. The molecule has 3 rings (SSSR count). The van der Waals surface area contributed by atoms with E-state index in [4.69, 9.17) is 11.6 Å². The first kappa shape index (κ1) is 13.8. The first-order chi connectivity index (χ1) is 10.1. The molecule has 0 saturated heterocycles. The second kappa shape index (κ2) is 5.30. The fraction of sp³-hybridized carbons (Fsp3) is 0.125. The minimum atomic E-state index is -0.329. The molecule has 1 heterocycles. The standard InChI is InChI=1S/C16H13ClFN3/c1-9-4-3-5-12(14(9)17)16-20-13-8-10(18)6-7-11(13)15(19-2)21-16/h3-8H,1-2H3,(H,19,20,21). The summed E-state index contributed by atoms with van der Waals surface area (Å²) in [6.45, 7) is 1.92. The number of aromatic nitrogens is 2. The van der Waals surface area contributed by atoms with Crippen LogP contribution in [0.15, 0.2) is 36.4 Å². The van der Waals surface area contributed by atoms with E-state index >= 15 is 0 Å². The van der Waals surface area contributed by atoms with Gasteiger partial charge in [0, 0.05) is 24.1 Å². The maximum absolute atomic E-state index is 13.4. The van der Waals surface area contributed by atoms with Crippen molar-refractivity contribution in [3.8, 4) is 11.4 Å². The van der Waals surface area contributed by atoms with Gasteiger partial charge < -0.3 is 5.32 Å². The summed E-state index contributed by atoms with van der Waals surface area (Å²) in [5.41, 5.74) is 2.23. The number of nitrogens with one attached hydrogen (secondary N) is 1. The van der Waals surface area contributed by atoms with Gasteiger partial charge in [0.2, 0.25) is 0 Å². The van der Waals surface area contributed by atoms with Crippen molar-refractivity contribution in [3.63, 3.8) is 0 Å². The third-order valence-electron chi connectivity index (χ3n) is 3.33. The van der Waals surface area contributed by atoms with Crippen LogP contribution in [0.25, 0.3) is 22.3 Å². The van der Waals surface area contributed by atoms with Crippen molar-refractivity contribution in [3.05, 3.63) is 52.8 Å².